The van der Waals surface area contributed by atoms with Crippen LogP contribution in [0.5, 0.6) is 0 Å². The maximum atomic E-state index is 6.22. The van der Waals surface area contributed by atoms with Crippen LogP contribution in [0.2, 0.25) is 0 Å². The molecule has 0 bridgehead atoms. The van der Waals surface area contributed by atoms with Crippen LogP contribution in [0.3, 0.4) is 0 Å². The monoisotopic (exact) mass is 464 g/mol. The number of aromatic nitrogens is 1. The molecule has 0 aromatic carbocycles. The van der Waals surface area contributed by atoms with Gasteiger partial charge in [0.15, 0.2) is 5.96 Å². The SMILES string of the molecule is CCCOC1(CNC(=NC)NCc2nc(C)c(C)o2)CCCCC1.I. The Morgan fingerprint density at radius 1 is 1.24 bits per heavy atom. The number of hydrogen-bond donors (Lipinski definition) is 2. The Bertz CT molecular complexity index is 520. The molecule has 1 aromatic heterocycles. The maximum Gasteiger partial charge on any atom is 0.214 e. The van der Waals surface area contributed by atoms with Crippen molar-refractivity contribution in [3.8, 4) is 0 Å². The molecule has 0 amide bonds. The van der Waals surface area contributed by atoms with E-state index in [0.29, 0.717) is 12.4 Å². The van der Waals surface area contributed by atoms with E-state index in [1.165, 1.54) is 19.3 Å². The summed E-state index contributed by atoms with van der Waals surface area (Å²) in [6.45, 7) is 8.17. The van der Waals surface area contributed by atoms with Crippen LogP contribution in [0.1, 0.15) is 62.8 Å². The van der Waals surface area contributed by atoms with E-state index >= 15 is 0 Å². The highest BCUT2D eigenvalue weighted by Gasteiger charge is 2.32. The zero-order chi connectivity index (χ0) is 17.4. The van der Waals surface area contributed by atoms with Gasteiger partial charge in [0.1, 0.15) is 5.76 Å². The molecule has 0 radical (unpaired) electrons. The minimum Gasteiger partial charge on any atom is -0.444 e. The molecule has 1 aliphatic carbocycles. The van der Waals surface area contributed by atoms with Gasteiger partial charge in [-0.1, -0.05) is 26.2 Å². The Balaban J connectivity index is 0.00000312. The molecule has 25 heavy (non-hydrogen) atoms. The zero-order valence-electron chi connectivity index (χ0n) is 16.0. The molecule has 2 N–H and O–H groups in total. The molecule has 0 aliphatic heterocycles. The molecule has 0 unspecified atom stereocenters. The van der Waals surface area contributed by atoms with Gasteiger partial charge in [-0.15, -0.1) is 24.0 Å². The number of aliphatic imine (C=N–C) groups is 1. The lowest BCUT2D eigenvalue weighted by molar-refractivity contribution is -0.0657. The van der Waals surface area contributed by atoms with E-state index in [-0.39, 0.29) is 29.6 Å². The van der Waals surface area contributed by atoms with E-state index in [1.807, 2.05) is 13.8 Å². The van der Waals surface area contributed by atoms with Crippen molar-refractivity contribution >= 4 is 29.9 Å². The van der Waals surface area contributed by atoms with Gasteiger partial charge in [-0.25, -0.2) is 4.98 Å². The Kier molecular flexibility index (Phi) is 9.78. The van der Waals surface area contributed by atoms with Crippen LogP contribution in [0, 0.1) is 13.8 Å². The molecular weight excluding hydrogens is 431 g/mol. The quantitative estimate of drug-likeness (QED) is 0.366. The molecule has 1 saturated carbocycles. The third-order valence-electron chi connectivity index (χ3n) is 4.66. The van der Waals surface area contributed by atoms with E-state index in [2.05, 4.69) is 27.5 Å². The summed E-state index contributed by atoms with van der Waals surface area (Å²) in [5.41, 5.74) is 0.881. The van der Waals surface area contributed by atoms with Crippen molar-refractivity contribution < 1.29 is 9.15 Å². The summed E-state index contributed by atoms with van der Waals surface area (Å²) in [7, 11) is 1.78. The van der Waals surface area contributed by atoms with Crippen LogP contribution >= 0.6 is 24.0 Å². The van der Waals surface area contributed by atoms with Gasteiger partial charge < -0.3 is 19.8 Å². The zero-order valence-corrected chi connectivity index (χ0v) is 18.3. The predicted octanol–water partition coefficient (Wildman–Crippen LogP) is 3.70. The largest absolute Gasteiger partial charge is 0.444 e. The topological polar surface area (TPSA) is 71.7 Å². The smallest absolute Gasteiger partial charge is 0.214 e. The number of halogens is 1. The van der Waals surface area contributed by atoms with Crippen molar-refractivity contribution in [3.63, 3.8) is 0 Å². The van der Waals surface area contributed by atoms with Crippen molar-refractivity contribution in [2.24, 2.45) is 4.99 Å². The number of hydrogen-bond acceptors (Lipinski definition) is 4. The Hall–Kier alpha value is -0.830. The molecule has 1 heterocycles. The summed E-state index contributed by atoms with van der Waals surface area (Å²) in [5, 5.41) is 6.69. The summed E-state index contributed by atoms with van der Waals surface area (Å²) < 4.78 is 11.8. The number of nitrogens with one attached hydrogen (secondary N) is 2. The molecule has 6 nitrogen and oxygen atoms in total. The fraction of sp³-hybridized carbons (Fsp3) is 0.778. The van der Waals surface area contributed by atoms with Gasteiger partial charge in [0.25, 0.3) is 0 Å². The van der Waals surface area contributed by atoms with E-state index in [9.17, 15) is 0 Å². The van der Waals surface area contributed by atoms with E-state index < -0.39 is 0 Å². The Morgan fingerprint density at radius 3 is 2.52 bits per heavy atom. The van der Waals surface area contributed by atoms with E-state index in [1.54, 1.807) is 7.05 Å². The van der Waals surface area contributed by atoms with Crippen LogP contribution in [0.4, 0.5) is 0 Å². The lowest BCUT2D eigenvalue weighted by atomic mass is 9.84. The molecule has 0 spiro atoms. The van der Waals surface area contributed by atoms with Crippen LogP contribution < -0.4 is 10.6 Å². The van der Waals surface area contributed by atoms with Crippen LogP contribution in [0.15, 0.2) is 9.41 Å². The fourth-order valence-electron chi connectivity index (χ4n) is 3.13. The molecule has 144 valence electrons. The molecule has 0 atom stereocenters. The summed E-state index contributed by atoms with van der Waals surface area (Å²) in [6.07, 6.45) is 7.09. The van der Waals surface area contributed by atoms with Gasteiger partial charge in [-0.2, -0.15) is 0 Å². The van der Waals surface area contributed by atoms with E-state index in [0.717, 1.165) is 49.8 Å². The summed E-state index contributed by atoms with van der Waals surface area (Å²) >= 11 is 0. The number of aryl methyl sites for hydroxylation is 2. The van der Waals surface area contributed by atoms with Gasteiger partial charge in [0, 0.05) is 20.2 Å². The van der Waals surface area contributed by atoms with Gasteiger partial charge in [-0.05, 0) is 33.1 Å². The van der Waals surface area contributed by atoms with Gasteiger partial charge >= 0.3 is 0 Å². The average molecular weight is 464 g/mol. The molecule has 1 aromatic rings. The summed E-state index contributed by atoms with van der Waals surface area (Å²) in [6, 6.07) is 0. The van der Waals surface area contributed by atoms with Crippen LogP contribution in [0.25, 0.3) is 0 Å². The molecule has 2 rings (SSSR count). The van der Waals surface area contributed by atoms with Gasteiger partial charge in [-0.3, -0.25) is 4.99 Å². The van der Waals surface area contributed by atoms with Crippen molar-refractivity contribution in [3.05, 3.63) is 17.3 Å². The average Bonchev–Trinajstić information content (AvgIpc) is 2.92. The second-order valence-corrected chi connectivity index (χ2v) is 6.62. The first-order valence-corrected chi connectivity index (χ1v) is 9.10. The lowest BCUT2D eigenvalue weighted by Crippen LogP contribution is -2.49. The minimum absolute atomic E-state index is 0. The van der Waals surface area contributed by atoms with Crippen LogP contribution in [-0.4, -0.2) is 36.7 Å². The number of rotatable bonds is 7. The highest BCUT2D eigenvalue weighted by Crippen LogP contribution is 2.31. The number of ether oxygens (including phenoxy) is 1. The first-order chi connectivity index (χ1) is 11.6. The van der Waals surface area contributed by atoms with Crippen molar-refractivity contribution in [2.45, 2.75) is 71.4 Å². The highest BCUT2D eigenvalue weighted by molar-refractivity contribution is 14.0. The molecule has 1 fully saturated rings. The molecule has 0 saturated heterocycles. The fourth-order valence-corrected chi connectivity index (χ4v) is 3.13. The van der Waals surface area contributed by atoms with Gasteiger partial charge in [0.2, 0.25) is 5.89 Å². The van der Waals surface area contributed by atoms with Crippen molar-refractivity contribution in [1.82, 2.24) is 15.6 Å². The maximum absolute atomic E-state index is 6.22. The second-order valence-electron chi connectivity index (χ2n) is 6.62. The van der Waals surface area contributed by atoms with Crippen LogP contribution in [-0.2, 0) is 11.3 Å². The first kappa shape index (κ1) is 22.2. The standard InChI is InChI=1S/C18H32N4O2.HI/c1-5-11-23-18(9-7-6-8-10-18)13-21-17(19-4)20-12-16-22-14(2)15(3)24-16;/h5-13H2,1-4H3,(H2,19,20,21);1H. The Morgan fingerprint density at radius 2 is 1.96 bits per heavy atom. The normalized spacial score (nSPS) is 17.0. The molecule has 7 heteroatoms. The number of guanidine groups is 1. The summed E-state index contributed by atoms with van der Waals surface area (Å²) in [4.78, 5) is 8.68. The Labute approximate surface area is 168 Å². The summed E-state index contributed by atoms with van der Waals surface area (Å²) in [5.74, 6) is 2.31. The molecule has 1 aliphatic rings. The molecular formula is C18H33IN4O2. The van der Waals surface area contributed by atoms with Gasteiger partial charge in [0.05, 0.1) is 17.8 Å². The third kappa shape index (κ3) is 6.77. The first-order valence-electron chi connectivity index (χ1n) is 9.10. The number of oxazole rings is 1. The lowest BCUT2D eigenvalue weighted by Gasteiger charge is -2.37. The van der Waals surface area contributed by atoms with Crippen molar-refractivity contribution in [1.29, 1.82) is 0 Å². The third-order valence-corrected chi connectivity index (χ3v) is 4.66. The second kappa shape index (κ2) is 11.0. The van der Waals surface area contributed by atoms with E-state index in [4.69, 9.17) is 9.15 Å². The highest BCUT2D eigenvalue weighted by atomic mass is 127. The van der Waals surface area contributed by atoms with Crippen molar-refractivity contribution in [2.75, 3.05) is 20.2 Å². The number of nitrogens with zero attached hydrogens (tertiary/aromatic N) is 2. The minimum atomic E-state index is -0.0536. The predicted molar refractivity (Wildman–Crippen MR) is 112 cm³/mol.